The molecule has 6 nitrogen and oxygen atoms in total. The predicted octanol–water partition coefficient (Wildman–Crippen LogP) is -0.991. The van der Waals surface area contributed by atoms with Crippen LogP contribution in [-0.4, -0.2) is 82.8 Å². The van der Waals surface area contributed by atoms with Gasteiger partial charge in [-0.3, -0.25) is 0 Å². The third kappa shape index (κ3) is 5.92. The molecule has 1 aliphatic rings. The quantitative estimate of drug-likeness (QED) is 0.475. The SMILES string of the molecule is CCCNB1N(C)BN(C)B(NCC(C)NCCC)N1C. The van der Waals surface area contributed by atoms with Crippen molar-refractivity contribution < 1.29 is 0 Å². The lowest BCUT2D eigenvalue weighted by atomic mass is 9.62. The lowest BCUT2D eigenvalue weighted by Crippen LogP contribution is -2.78. The summed E-state index contributed by atoms with van der Waals surface area (Å²) >= 11 is 0. The van der Waals surface area contributed by atoms with Gasteiger partial charge in [-0.25, -0.2) is 0 Å². The predicted molar refractivity (Wildman–Crippen MR) is 96.0 cm³/mol. The van der Waals surface area contributed by atoms with E-state index in [4.69, 9.17) is 0 Å². The molecule has 0 saturated carbocycles. The van der Waals surface area contributed by atoms with Gasteiger partial charge >= 0.3 is 14.2 Å². The molecule has 1 aliphatic heterocycles. The van der Waals surface area contributed by atoms with Gasteiger partial charge in [0.2, 0.25) is 0 Å². The van der Waals surface area contributed by atoms with Gasteiger partial charge in [-0.1, -0.05) is 13.8 Å². The molecule has 0 aliphatic carbocycles. The van der Waals surface area contributed by atoms with Crippen molar-refractivity contribution in [1.82, 2.24) is 29.9 Å². The molecule has 0 bridgehead atoms. The Morgan fingerprint density at radius 2 is 1.52 bits per heavy atom. The molecule has 0 aromatic heterocycles. The van der Waals surface area contributed by atoms with E-state index in [1.807, 2.05) is 0 Å². The van der Waals surface area contributed by atoms with Crippen molar-refractivity contribution in [3.63, 3.8) is 0 Å². The number of rotatable bonds is 9. The zero-order valence-corrected chi connectivity index (χ0v) is 14.8. The van der Waals surface area contributed by atoms with Crippen LogP contribution in [-0.2, 0) is 0 Å². The van der Waals surface area contributed by atoms with Crippen molar-refractivity contribution in [2.45, 2.75) is 39.7 Å². The van der Waals surface area contributed by atoms with Crippen molar-refractivity contribution >= 4 is 21.8 Å². The molecule has 1 atom stereocenters. The highest BCUT2D eigenvalue weighted by molar-refractivity contribution is 6.78. The molecule has 120 valence electrons. The van der Waals surface area contributed by atoms with Crippen LogP contribution in [0.5, 0.6) is 0 Å². The Balaban J connectivity index is 2.50. The Kier molecular flexibility index (Phi) is 8.93. The molecule has 0 radical (unpaired) electrons. The standard InChI is InChI=1S/C12H33B3N6/c1-7-9-16-12(3)11-18-15-20(5)13-19(4)14(21(15)6)17-10-8-2/h12-13,16-18H,7-11H2,1-6H3. The summed E-state index contributed by atoms with van der Waals surface area (Å²) < 4.78 is 7.05. The van der Waals surface area contributed by atoms with Crippen molar-refractivity contribution in [1.29, 1.82) is 0 Å². The molecular weight excluding hydrogens is 261 g/mol. The lowest BCUT2D eigenvalue weighted by Gasteiger charge is -2.45. The maximum Gasteiger partial charge on any atom is 0.380 e. The summed E-state index contributed by atoms with van der Waals surface area (Å²) in [5.41, 5.74) is 0. The Labute approximate surface area is 132 Å². The second-order valence-electron chi connectivity index (χ2n) is 6.29. The van der Waals surface area contributed by atoms with E-state index in [0.29, 0.717) is 6.04 Å². The summed E-state index contributed by atoms with van der Waals surface area (Å²) in [6, 6.07) is 0.494. The third-order valence-electron chi connectivity index (χ3n) is 3.98. The number of nitrogens with one attached hydrogen (secondary N) is 3. The van der Waals surface area contributed by atoms with E-state index in [9.17, 15) is 0 Å². The minimum Gasteiger partial charge on any atom is -0.348 e. The first-order valence-electron chi connectivity index (χ1n) is 8.33. The van der Waals surface area contributed by atoms with Crippen molar-refractivity contribution in [2.75, 3.05) is 40.8 Å². The Bertz CT molecular complexity index is 286. The van der Waals surface area contributed by atoms with E-state index in [1.54, 1.807) is 0 Å². The number of hydrogen-bond acceptors (Lipinski definition) is 6. The molecule has 0 aromatic carbocycles. The summed E-state index contributed by atoms with van der Waals surface area (Å²) in [5.74, 6) is 0. The first-order valence-corrected chi connectivity index (χ1v) is 8.33. The average molecular weight is 294 g/mol. The van der Waals surface area contributed by atoms with Gasteiger partial charge in [-0.05, 0) is 54.0 Å². The van der Waals surface area contributed by atoms with Gasteiger partial charge in [0.15, 0.2) is 0 Å². The van der Waals surface area contributed by atoms with Crippen molar-refractivity contribution in [3.05, 3.63) is 0 Å². The van der Waals surface area contributed by atoms with E-state index in [0.717, 1.165) is 33.6 Å². The van der Waals surface area contributed by atoms with Gasteiger partial charge in [0.05, 0.1) is 0 Å². The number of nitrogens with zero attached hydrogens (tertiary/aromatic N) is 3. The zero-order chi connectivity index (χ0) is 15.8. The summed E-state index contributed by atoms with van der Waals surface area (Å²) in [5, 5.41) is 10.8. The maximum absolute atomic E-state index is 3.68. The second-order valence-corrected chi connectivity index (χ2v) is 6.29. The molecule has 1 unspecified atom stereocenters. The molecule has 1 fully saturated rings. The molecule has 3 N–H and O–H groups in total. The van der Waals surface area contributed by atoms with Crippen LogP contribution in [0.1, 0.15) is 33.6 Å². The molecule has 0 aromatic rings. The summed E-state index contributed by atoms with van der Waals surface area (Å²) in [6.45, 7) is 9.76. The Morgan fingerprint density at radius 3 is 2.10 bits per heavy atom. The monoisotopic (exact) mass is 294 g/mol. The van der Waals surface area contributed by atoms with Crippen LogP contribution in [0.4, 0.5) is 0 Å². The highest BCUT2D eigenvalue weighted by atomic mass is 15.4. The fourth-order valence-corrected chi connectivity index (χ4v) is 2.88. The maximum atomic E-state index is 3.68. The minimum absolute atomic E-state index is 0.265. The minimum atomic E-state index is 0.265. The van der Waals surface area contributed by atoms with Crippen LogP contribution in [0.25, 0.3) is 0 Å². The molecular formula is C12H33B3N6. The Morgan fingerprint density at radius 1 is 0.952 bits per heavy atom. The average Bonchev–Trinajstić information content (AvgIpc) is 2.44. The van der Waals surface area contributed by atoms with E-state index in [-0.39, 0.29) is 14.2 Å². The van der Waals surface area contributed by atoms with Gasteiger partial charge in [0.25, 0.3) is 7.55 Å². The normalized spacial score (nSPS) is 19.9. The second kappa shape index (κ2) is 9.87. The molecule has 1 rings (SSSR count). The fourth-order valence-electron chi connectivity index (χ4n) is 2.88. The zero-order valence-electron chi connectivity index (χ0n) is 14.8. The van der Waals surface area contributed by atoms with Crippen LogP contribution in [0.15, 0.2) is 0 Å². The van der Waals surface area contributed by atoms with Crippen molar-refractivity contribution in [3.8, 4) is 0 Å². The van der Waals surface area contributed by atoms with Gasteiger partial charge in [0.1, 0.15) is 0 Å². The van der Waals surface area contributed by atoms with E-state index < -0.39 is 0 Å². The summed E-state index contributed by atoms with van der Waals surface area (Å²) in [4.78, 5) is 0. The molecule has 1 heterocycles. The van der Waals surface area contributed by atoms with Gasteiger partial charge in [-0.15, -0.1) is 0 Å². The first-order chi connectivity index (χ1) is 10.0. The summed E-state index contributed by atoms with van der Waals surface area (Å²) in [6.07, 6.45) is 2.34. The Hall–Kier alpha value is -0.0452. The van der Waals surface area contributed by atoms with Crippen LogP contribution in [0.2, 0.25) is 0 Å². The molecule has 21 heavy (non-hydrogen) atoms. The van der Waals surface area contributed by atoms with Crippen molar-refractivity contribution in [2.24, 2.45) is 0 Å². The summed E-state index contributed by atoms with van der Waals surface area (Å²) in [7, 11) is 8.04. The third-order valence-corrected chi connectivity index (χ3v) is 3.98. The topological polar surface area (TPSA) is 45.8 Å². The van der Waals surface area contributed by atoms with E-state index >= 15 is 0 Å². The van der Waals surface area contributed by atoms with Gasteiger partial charge in [0, 0.05) is 12.6 Å². The first kappa shape index (κ1) is 19.0. The highest BCUT2D eigenvalue weighted by Crippen LogP contribution is 2.06. The largest absolute Gasteiger partial charge is 0.380 e. The van der Waals surface area contributed by atoms with E-state index in [2.05, 4.69) is 71.9 Å². The number of hydrogen-bond donors (Lipinski definition) is 3. The lowest BCUT2D eigenvalue weighted by molar-refractivity contribution is 0.488. The van der Waals surface area contributed by atoms with Crippen LogP contribution < -0.4 is 15.8 Å². The van der Waals surface area contributed by atoms with Crippen LogP contribution in [0.3, 0.4) is 0 Å². The molecule has 0 amide bonds. The van der Waals surface area contributed by atoms with Crippen LogP contribution in [0, 0.1) is 0 Å². The highest BCUT2D eigenvalue weighted by Gasteiger charge is 2.42. The smallest absolute Gasteiger partial charge is 0.348 e. The fraction of sp³-hybridized carbons (Fsp3) is 1.00. The van der Waals surface area contributed by atoms with Gasteiger partial charge < -0.3 is 29.9 Å². The van der Waals surface area contributed by atoms with E-state index in [1.165, 1.54) is 6.42 Å². The van der Waals surface area contributed by atoms with Gasteiger partial charge in [-0.2, -0.15) is 0 Å². The molecule has 1 saturated heterocycles. The molecule has 9 heteroatoms. The molecule has 0 spiro atoms. The van der Waals surface area contributed by atoms with Crippen LogP contribution >= 0.6 is 0 Å².